The standard InChI is InChI=1S/C23H22FN5O4S/c1-14-15(2)29(13-25-14)22-12-23(27-16(3)26-22)33-18-7-5-17(6-8-18)28-34(30,31)19-9-10-21(32-4)20(24)11-19/h5-13,28H,1-4H3. The van der Waals surface area contributed by atoms with E-state index >= 15 is 0 Å². The largest absolute Gasteiger partial charge is 0.494 e. The van der Waals surface area contributed by atoms with Gasteiger partial charge >= 0.3 is 0 Å². The number of rotatable bonds is 7. The van der Waals surface area contributed by atoms with Gasteiger partial charge in [-0.25, -0.2) is 22.8 Å². The van der Waals surface area contributed by atoms with E-state index in [1.54, 1.807) is 31.5 Å². The molecular weight excluding hydrogens is 461 g/mol. The number of imidazole rings is 1. The van der Waals surface area contributed by atoms with E-state index in [0.29, 0.717) is 23.3 Å². The number of benzene rings is 2. The summed E-state index contributed by atoms with van der Waals surface area (Å²) in [5.41, 5.74) is 2.14. The molecule has 0 spiro atoms. The second-order valence-electron chi connectivity index (χ2n) is 7.43. The number of ether oxygens (including phenoxy) is 2. The number of nitrogens with one attached hydrogen (secondary N) is 1. The minimum Gasteiger partial charge on any atom is -0.494 e. The van der Waals surface area contributed by atoms with Crippen molar-refractivity contribution in [2.75, 3.05) is 11.8 Å². The third-order valence-electron chi connectivity index (χ3n) is 5.06. The van der Waals surface area contributed by atoms with Gasteiger partial charge in [-0.15, -0.1) is 0 Å². The van der Waals surface area contributed by atoms with Crippen LogP contribution in [0.4, 0.5) is 10.1 Å². The molecule has 2 heterocycles. The molecule has 2 aromatic heterocycles. The zero-order valence-corrected chi connectivity index (χ0v) is 19.7. The summed E-state index contributed by atoms with van der Waals surface area (Å²) in [6, 6.07) is 11.4. The number of nitrogens with zero attached hydrogens (tertiary/aromatic N) is 4. The summed E-state index contributed by atoms with van der Waals surface area (Å²) in [5, 5.41) is 0. The van der Waals surface area contributed by atoms with Gasteiger partial charge in [0.15, 0.2) is 11.6 Å². The first-order valence-corrected chi connectivity index (χ1v) is 11.7. The molecule has 0 aliphatic rings. The third kappa shape index (κ3) is 4.84. The maximum atomic E-state index is 13.9. The van der Waals surface area contributed by atoms with Crippen LogP contribution < -0.4 is 14.2 Å². The van der Waals surface area contributed by atoms with Gasteiger partial charge in [-0.2, -0.15) is 4.98 Å². The summed E-state index contributed by atoms with van der Waals surface area (Å²) in [4.78, 5) is 12.8. The molecule has 11 heteroatoms. The first-order chi connectivity index (χ1) is 16.2. The van der Waals surface area contributed by atoms with Crippen molar-refractivity contribution in [3.8, 4) is 23.2 Å². The Labute approximate surface area is 196 Å². The average Bonchev–Trinajstić information content (AvgIpc) is 3.13. The summed E-state index contributed by atoms with van der Waals surface area (Å²) in [7, 11) is -2.69. The number of aromatic nitrogens is 4. The lowest BCUT2D eigenvalue weighted by molar-refractivity contribution is 0.385. The van der Waals surface area contributed by atoms with Gasteiger partial charge in [0, 0.05) is 17.4 Å². The van der Waals surface area contributed by atoms with Crippen LogP contribution in [0.25, 0.3) is 5.82 Å². The molecule has 34 heavy (non-hydrogen) atoms. The van der Waals surface area contributed by atoms with Gasteiger partial charge in [-0.1, -0.05) is 0 Å². The highest BCUT2D eigenvalue weighted by Crippen LogP contribution is 2.26. The zero-order chi connectivity index (χ0) is 24.5. The molecule has 0 atom stereocenters. The Balaban J connectivity index is 1.51. The highest BCUT2D eigenvalue weighted by molar-refractivity contribution is 7.92. The summed E-state index contributed by atoms with van der Waals surface area (Å²) < 4.78 is 54.0. The van der Waals surface area contributed by atoms with Crippen LogP contribution in [0, 0.1) is 26.6 Å². The Bertz CT molecular complexity index is 1450. The Morgan fingerprint density at radius 2 is 1.74 bits per heavy atom. The molecule has 0 aliphatic carbocycles. The molecule has 0 unspecified atom stereocenters. The Morgan fingerprint density at radius 3 is 2.35 bits per heavy atom. The fourth-order valence-electron chi connectivity index (χ4n) is 3.17. The van der Waals surface area contributed by atoms with Crippen molar-refractivity contribution < 1.29 is 22.3 Å². The normalized spacial score (nSPS) is 11.3. The van der Waals surface area contributed by atoms with E-state index in [1.165, 1.54) is 31.4 Å². The van der Waals surface area contributed by atoms with Gasteiger partial charge in [0.05, 0.1) is 17.7 Å². The van der Waals surface area contributed by atoms with Crippen molar-refractivity contribution in [2.24, 2.45) is 0 Å². The van der Waals surface area contributed by atoms with Crippen molar-refractivity contribution in [1.29, 1.82) is 0 Å². The Kier molecular flexibility index (Phi) is 6.20. The predicted octanol–water partition coefficient (Wildman–Crippen LogP) is 4.33. The number of hydrogen-bond acceptors (Lipinski definition) is 7. The average molecular weight is 484 g/mol. The van der Waals surface area contributed by atoms with Gasteiger partial charge in [-0.05, 0) is 63.2 Å². The maximum absolute atomic E-state index is 13.9. The van der Waals surface area contributed by atoms with E-state index in [1.807, 2.05) is 18.4 Å². The van der Waals surface area contributed by atoms with Crippen LogP contribution in [0.5, 0.6) is 17.4 Å². The van der Waals surface area contributed by atoms with Gasteiger partial charge in [0.1, 0.15) is 23.7 Å². The highest BCUT2D eigenvalue weighted by Gasteiger charge is 2.17. The predicted molar refractivity (Wildman–Crippen MR) is 124 cm³/mol. The molecule has 4 rings (SSSR count). The number of anilines is 1. The van der Waals surface area contributed by atoms with Crippen LogP contribution in [0.3, 0.4) is 0 Å². The fourth-order valence-corrected chi connectivity index (χ4v) is 4.24. The molecule has 2 aromatic carbocycles. The minimum atomic E-state index is -3.99. The van der Waals surface area contributed by atoms with Gasteiger partial charge < -0.3 is 9.47 Å². The van der Waals surface area contributed by atoms with E-state index in [0.717, 1.165) is 17.5 Å². The van der Waals surface area contributed by atoms with E-state index < -0.39 is 15.8 Å². The lowest BCUT2D eigenvalue weighted by atomic mass is 10.3. The molecule has 0 bridgehead atoms. The fraction of sp³-hybridized carbons (Fsp3) is 0.174. The topological polar surface area (TPSA) is 108 Å². The second-order valence-corrected chi connectivity index (χ2v) is 9.11. The van der Waals surface area contributed by atoms with Crippen molar-refractivity contribution in [1.82, 2.24) is 19.5 Å². The molecule has 0 radical (unpaired) electrons. The number of aryl methyl sites for hydroxylation is 2. The monoisotopic (exact) mass is 483 g/mol. The summed E-state index contributed by atoms with van der Waals surface area (Å²) in [6.45, 7) is 5.62. The Morgan fingerprint density at radius 1 is 1.00 bits per heavy atom. The first-order valence-electron chi connectivity index (χ1n) is 10.2. The molecule has 9 nitrogen and oxygen atoms in total. The smallest absolute Gasteiger partial charge is 0.262 e. The van der Waals surface area contributed by atoms with Crippen molar-refractivity contribution in [3.05, 3.63) is 77.9 Å². The zero-order valence-electron chi connectivity index (χ0n) is 18.9. The number of halogens is 1. The van der Waals surface area contributed by atoms with Crippen LogP contribution in [0.2, 0.25) is 0 Å². The number of methoxy groups -OCH3 is 1. The number of sulfonamides is 1. The lowest BCUT2D eigenvalue weighted by Gasteiger charge is -2.11. The van der Waals surface area contributed by atoms with Crippen molar-refractivity contribution in [2.45, 2.75) is 25.7 Å². The molecule has 4 aromatic rings. The third-order valence-corrected chi connectivity index (χ3v) is 6.44. The number of hydrogen-bond donors (Lipinski definition) is 1. The van der Waals surface area contributed by atoms with Crippen LogP contribution in [0.1, 0.15) is 17.2 Å². The quantitative estimate of drug-likeness (QED) is 0.417. The summed E-state index contributed by atoms with van der Waals surface area (Å²) in [5.74, 6) is 1.11. The first kappa shape index (κ1) is 23.2. The molecular formula is C23H22FN5O4S. The molecule has 0 amide bonds. The maximum Gasteiger partial charge on any atom is 0.262 e. The molecule has 0 aliphatic heterocycles. The molecule has 0 fully saturated rings. The molecule has 176 valence electrons. The Hall–Kier alpha value is -3.99. The van der Waals surface area contributed by atoms with E-state index in [9.17, 15) is 12.8 Å². The van der Waals surface area contributed by atoms with Gasteiger partial charge in [-0.3, -0.25) is 9.29 Å². The van der Waals surface area contributed by atoms with E-state index in [-0.39, 0.29) is 16.3 Å². The second kappa shape index (κ2) is 9.10. The summed E-state index contributed by atoms with van der Waals surface area (Å²) in [6.07, 6.45) is 1.69. The lowest BCUT2D eigenvalue weighted by Crippen LogP contribution is -2.13. The van der Waals surface area contributed by atoms with Crippen LogP contribution in [0.15, 0.2) is 59.8 Å². The van der Waals surface area contributed by atoms with Gasteiger partial charge in [0.2, 0.25) is 5.88 Å². The molecule has 0 saturated carbocycles. The van der Waals surface area contributed by atoms with Gasteiger partial charge in [0.25, 0.3) is 10.0 Å². The van der Waals surface area contributed by atoms with Crippen LogP contribution in [-0.2, 0) is 10.0 Å². The van der Waals surface area contributed by atoms with E-state index in [2.05, 4.69) is 19.7 Å². The van der Waals surface area contributed by atoms with E-state index in [4.69, 9.17) is 9.47 Å². The highest BCUT2D eigenvalue weighted by atomic mass is 32.2. The van der Waals surface area contributed by atoms with Crippen molar-refractivity contribution >= 4 is 15.7 Å². The molecule has 0 saturated heterocycles. The van der Waals surface area contributed by atoms with Crippen LogP contribution in [-0.4, -0.2) is 35.0 Å². The van der Waals surface area contributed by atoms with Crippen LogP contribution >= 0.6 is 0 Å². The van der Waals surface area contributed by atoms with Crippen molar-refractivity contribution in [3.63, 3.8) is 0 Å². The molecule has 1 N–H and O–H groups in total. The summed E-state index contributed by atoms with van der Waals surface area (Å²) >= 11 is 0. The SMILES string of the molecule is COc1ccc(S(=O)(=O)Nc2ccc(Oc3cc(-n4cnc(C)c4C)nc(C)n3)cc2)cc1F. The minimum absolute atomic E-state index is 0.0399.